The van der Waals surface area contributed by atoms with Gasteiger partial charge in [-0.05, 0) is 28.4 Å². The highest BCUT2D eigenvalue weighted by Gasteiger charge is 2.16. The van der Waals surface area contributed by atoms with Crippen molar-refractivity contribution in [1.29, 1.82) is 0 Å². The zero-order valence-electron chi connectivity index (χ0n) is 7.78. The van der Waals surface area contributed by atoms with Crippen molar-refractivity contribution in [3.8, 4) is 5.88 Å². The van der Waals surface area contributed by atoms with Crippen LogP contribution in [0.25, 0.3) is 0 Å². The Balaban J connectivity index is 3.51. The molecular weight excluding hydrogens is 270 g/mol. The van der Waals surface area contributed by atoms with Crippen molar-refractivity contribution in [2.75, 3.05) is 6.26 Å². The molecule has 0 saturated carbocycles. The smallest absolute Gasteiger partial charge is 0.225 e. The molecule has 6 heteroatoms. The molecule has 0 saturated heterocycles. The summed E-state index contributed by atoms with van der Waals surface area (Å²) in [7, 11) is -3.29. The maximum Gasteiger partial charge on any atom is 0.225 e. The van der Waals surface area contributed by atoms with Gasteiger partial charge >= 0.3 is 0 Å². The average molecular weight is 280 g/mol. The highest BCUT2D eigenvalue weighted by molar-refractivity contribution is 9.10. The Morgan fingerprint density at radius 3 is 2.57 bits per heavy atom. The fraction of sp³-hybridized carbons (Fsp3) is 0.375. The zero-order valence-corrected chi connectivity index (χ0v) is 10.2. The van der Waals surface area contributed by atoms with E-state index >= 15 is 0 Å². The number of aromatic nitrogens is 1. The first-order valence-electron chi connectivity index (χ1n) is 3.94. The predicted molar refractivity (Wildman–Crippen MR) is 56.1 cm³/mol. The van der Waals surface area contributed by atoms with Gasteiger partial charge in [0.05, 0.1) is 15.1 Å². The number of sulfone groups is 1. The van der Waals surface area contributed by atoms with Gasteiger partial charge in [0.25, 0.3) is 0 Å². The van der Waals surface area contributed by atoms with Crippen molar-refractivity contribution in [3.63, 3.8) is 0 Å². The van der Waals surface area contributed by atoms with E-state index in [1.807, 2.05) is 0 Å². The fourth-order valence-electron chi connectivity index (χ4n) is 1.07. The number of aryl methyl sites for hydroxylation is 1. The molecule has 0 aliphatic carbocycles. The second-order valence-corrected chi connectivity index (χ2v) is 5.70. The maximum atomic E-state index is 11.3. The Hall–Kier alpha value is -0.620. The van der Waals surface area contributed by atoms with E-state index in [0.717, 1.165) is 6.26 Å². The van der Waals surface area contributed by atoms with E-state index in [2.05, 4.69) is 20.9 Å². The molecule has 0 fully saturated rings. The van der Waals surface area contributed by atoms with Crippen molar-refractivity contribution < 1.29 is 13.5 Å². The molecule has 0 amide bonds. The van der Waals surface area contributed by atoms with Gasteiger partial charge in [0.15, 0.2) is 9.84 Å². The molecule has 78 valence electrons. The molecular formula is C8H10BrNO3S. The first-order chi connectivity index (χ1) is 6.36. The molecule has 0 bridgehead atoms. The van der Waals surface area contributed by atoms with Crippen molar-refractivity contribution >= 4 is 25.8 Å². The summed E-state index contributed by atoms with van der Waals surface area (Å²) in [5.41, 5.74) is 0.383. The largest absolute Gasteiger partial charge is 0.492 e. The number of halogens is 1. The fourth-order valence-corrected chi connectivity index (χ4v) is 2.49. The van der Waals surface area contributed by atoms with Gasteiger partial charge in [-0.25, -0.2) is 13.4 Å². The van der Waals surface area contributed by atoms with Crippen LogP contribution in [0.3, 0.4) is 0 Å². The zero-order chi connectivity index (χ0) is 10.9. The summed E-state index contributed by atoms with van der Waals surface area (Å²) >= 11 is 3.02. The van der Waals surface area contributed by atoms with Gasteiger partial charge in [-0.3, -0.25) is 0 Å². The number of pyridine rings is 1. The monoisotopic (exact) mass is 279 g/mol. The van der Waals surface area contributed by atoms with Crippen LogP contribution in [0.2, 0.25) is 0 Å². The summed E-state index contributed by atoms with van der Waals surface area (Å²) in [5, 5.41) is 9.27. The third kappa shape index (κ3) is 2.24. The summed E-state index contributed by atoms with van der Waals surface area (Å²) in [6.07, 6.45) is 1.58. The quantitative estimate of drug-likeness (QED) is 0.891. The minimum absolute atomic E-state index is 0.157. The summed E-state index contributed by atoms with van der Waals surface area (Å²) in [5.74, 6) is -0.186. The SMILES string of the molecule is CCc1nc(O)c(Br)cc1S(C)(=O)=O. The second kappa shape index (κ2) is 3.86. The normalized spacial score (nSPS) is 11.6. The van der Waals surface area contributed by atoms with Gasteiger partial charge in [0.2, 0.25) is 5.88 Å². The average Bonchev–Trinajstić information content (AvgIpc) is 2.07. The van der Waals surface area contributed by atoms with Crippen molar-refractivity contribution in [3.05, 3.63) is 16.2 Å². The standard InChI is InChI=1S/C8H10BrNO3S/c1-3-6-7(14(2,12)13)4-5(9)8(11)10-6/h4H,3H2,1-2H3,(H,10,11). The van der Waals surface area contributed by atoms with Gasteiger partial charge in [-0.15, -0.1) is 0 Å². The summed E-state index contributed by atoms with van der Waals surface area (Å²) in [6, 6.07) is 1.37. The second-order valence-electron chi connectivity index (χ2n) is 2.86. The summed E-state index contributed by atoms with van der Waals surface area (Å²) < 4.78 is 23.0. The minimum Gasteiger partial charge on any atom is -0.492 e. The summed E-state index contributed by atoms with van der Waals surface area (Å²) in [6.45, 7) is 1.78. The molecule has 1 aromatic heterocycles. The lowest BCUT2D eigenvalue weighted by atomic mass is 10.3. The lowest BCUT2D eigenvalue weighted by molar-refractivity contribution is 0.446. The van der Waals surface area contributed by atoms with Crippen LogP contribution < -0.4 is 0 Å². The van der Waals surface area contributed by atoms with Crippen LogP contribution in [0.1, 0.15) is 12.6 Å². The van der Waals surface area contributed by atoms with E-state index < -0.39 is 9.84 Å². The molecule has 0 unspecified atom stereocenters. The van der Waals surface area contributed by atoms with Crippen molar-refractivity contribution in [2.24, 2.45) is 0 Å². The van der Waals surface area contributed by atoms with Crippen LogP contribution >= 0.6 is 15.9 Å². The highest BCUT2D eigenvalue weighted by Crippen LogP contribution is 2.26. The van der Waals surface area contributed by atoms with Crippen molar-refractivity contribution in [1.82, 2.24) is 4.98 Å². The number of rotatable bonds is 2. The van der Waals surface area contributed by atoms with E-state index in [-0.39, 0.29) is 15.2 Å². The Labute approximate surface area is 91.0 Å². The van der Waals surface area contributed by atoms with E-state index in [1.54, 1.807) is 6.92 Å². The lowest BCUT2D eigenvalue weighted by Crippen LogP contribution is -2.04. The molecule has 1 aromatic rings. The van der Waals surface area contributed by atoms with Crippen LogP contribution in [-0.2, 0) is 16.3 Å². The molecule has 0 spiro atoms. The van der Waals surface area contributed by atoms with Crippen molar-refractivity contribution in [2.45, 2.75) is 18.2 Å². The van der Waals surface area contributed by atoms with Gasteiger partial charge in [-0.2, -0.15) is 0 Å². The molecule has 0 atom stereocenters. The first kappa shape index (κ1) is 11.5. The molecule has 1 N–H and O–H groups in total. The van der Waals surface area contributed by atoms with E-state index in [9.17, 15) is 13.5 Å². The molecule has 0 aliphatic heterocycles. The molecule has 0 aromatic carbocycles. The molecule has 4 nitrogen and oxygen atoms in total. The Morgan fingerprint density at radius 1 is 1.57 bits per heavy atom. The number of aromatic hydroxyl groups is 1. The molecule has 1 heterocycles. The maximum absolute atomic E-state index is 11.3. The van der Waals surface area contributed by atoms with Crippen LogP contribution in [0, 0.1) is 0 Å². The lowest BCUT2D eigenvalue weighted by Gasteiger charge is -2.06. The highest BCUT2D eigenvalue weighted by atomic mass is 79.9. The van der Waals surface area contributed by atoms with Crippen LogP contribution in [0.5, 0.6) is 5.88 Å². The van der Waals surface area contributed by atoms with Gasteiger partial charge < -0.3 is 5.11 Å². The Morgan fingerprint density at radius 2 is 2.14 bits per heavy atom. The number of hydrogen-bond acceptors (Lipinski definition) is 4. The van der Waals surface area contributed by atoms with Gasteiger partial charge in [-0.1, -0.05) is 6.92 Å². The third-order valence-corrected chi connectivity index (χ3v) is 3.47. The predicted octanol–water partition coefficient (Wildman–Crippen LogP) is 1.52. The third-order valence-electron chi connectivity index (χ3n) is 1.73. The molecule has 14 heavy (non-hydrogen) atoms. The molecule has 1 rings (SSSR count). The Kier molecular flexibility index (Phi) is 3.16. The minimum atomic E-state index is -3.29. The van der Waals surface area contributed by atoms with Crippen LogP contribution in [-0.4, -0.2) is 24.8 Å². The van der Waals surface area contributed by atoms with Gasteiger partial charge in [0, 0.05) is 6.26 Å². The Bertz CT molecular complexity index is 456. The molecule has 0 aliphatic rings. The topological polar surface area (TPSA) is 67.3 Å². The first-order valence-corrected chi connectivity index (χ1v) is 6.63. The molecule has 0 radical (unpaired) electrons. The van der Waals surface area contributed by atoms with E-state index in [1.165, 1.54) is 6.07 Å². The van der Waals surface area contributed by atoms with Crippen LogP contribution in [0.15, 0.2) is 15.4 Å². The van der Waals surface area contributed by atoms with Crippen LogP contribution in [0.4, 0.5) is 0 Å². The van der Waals surface area contributed by atoms with E-state index in [4.69, 9.17) is 0 Å². The summed E-state index contributed by atoms with van der Waals surface area (Å²) in [4.78, 5) is 3.94. The van der Waals surface area contributed by atoms with E-state index in [0.29, 0.717) is 12.1 Å². The number of nitrogens with zero attached hydrogens (tertiary/aromatic N) is 1. The number of hydrogen-bond donors (Lipinski definition) is 1. The van der Waals surface area contributed by atoms with Gasteiger partial charge in [0.1, 0.15) is 0 Å².